The molecule has 0 aliphatic heterocycles. The standard InChI is InChI=1S/C14H18FN3O2P2S2/c1-23-14-18-17-13(24-14)8-4-2-7(3-5-8)10(19)9(6-21)16-12(20)11(15)22/h2-5,9-11,19H,6,21-22H2,1H3,(H,16,20). The lowest BCUT2D eigenvalue weighted by Gasteiger charge is -2.23. The van der Waals surface area contributed by atoms with E-state index in [1.807, 2.05) is 18.4 Å². The van der Waals surface area contributed by atoms with Crippen LogP contribution in [0.5, 0.6) is 0 Å². The molecule has 2 rings (SSSR count). The molecule has 1 aromatic heterocycles. The van der Waals surface area contributed by atoms with Gasteiger partial charge < -0.3 is 10.4 Å². The van der Waals surface area contributed by atoms with E-state index in [2.05, 4.69) is 24.8 Å². The number of nitrogens with zero attached hydrogens (tertiary/aromatic N) is 2. The lowest BCUT2D eigenvalue weighted by molar-refractivity contribution is -0.124. The van der Waals surface area contributed by atoms with Gasteiger partial charge in [-0.05, 0) is 18.0 Å². The third kappa shape index (κ3) is 4.93. The van der Waals surface area contributed by atoms with Gasteiger partial charge in [0.05, 0.1) is 12.1 Å². The molecule has 0 radical (unpaired) electrons. The van der Waals surface area contributed by atoms with E-state index in [0.29, 0.717) is 11.7 Å². The predicted octanol–water partition coefficient (Wildman–Crippen LogP) is 2.49. The smallest absolute Gasteiger partial charge is 0.258 e. The molecule has 2 N–H and O–H groups in total. The van der Waals surface area contributed by atoms with E-state index >= 15 is 0 Å². The van der Waals surface area contributed by atoms with Crippen molar-refractivity contribution < 1.29 is 14.3 Å². The summed E-state index contributed by atoms with van der Waals surface area (Å²) in [6.45, 7) is 0. The quantitative estimate of drug-likeness (QED) is 0.547. The lowest BCUT2D eigenvalue weighted by Crippen LogP contribution is -2.43. The molecular weight excluding hydrogens is 387 g/mol. The number of hydrogen-bond acceptors (Lipinski definition) is 6. The fourth-order valence-electron chi connectivity index (χ4n) is 1.99. The van der Waals surface area contributed by atoms with Crippen LogP contribution in [0.4, 0.5) is 4.39 Å². The van der Waals surface area contributed by atoms with Crippen LogP contribution < -0.4 is 5.32 Å². The molecule has 0 saturated heterocycles. The molecule has 24 heavy (non-hydrogen) atoms. The molecule has 0 saturated carbocycles. The van der Waals surface area contributed by atoms with Gasteiger partial charge in [0.25, 0.3) is 5.91 Å². The highest BCUT2D eigenvalue weighted by atomic mass is 32.2. The number of halogens is 1. The molecule has 130 valence electrons. The number of aromatic nitrogens is 2. The fraction of sp³-hybridized carbons (Fsp3) is 0.357. The van der Waals surface area contributed by atoms with Gasteiger partial charge in [-0.25, -0.2) is 4.39 Å². The van der Waals surface area contributed by atoms with Gasteiger partial charge in [-0.15, -0.1) is 19.4 Å². The summed E-state index contributed by atoms with van der Waals surface area (Å²) in [6.07, 6.45) is 1.41. The Morgan fingerprint density at radius 3 is 2.58 bits per heavy atom. The zero-order chi connectivity index (χ0) is 17.7. The van der Waals surface area contributed by atoms with Crippen LogP contribution in [0.1, 0.15) is 11.7 Å². The molecule has 2 aromatic rings. The van der Waals surface area contributed by atoms with E-state index in [1.54, 1.807) is 21.4 Å². The van der Waals surface area contributed by atoms with E-state index in [1.165, 1.54) is 23.1 Å². The predicted molar refractivity (Wildman–Crippen MR) is 103 cm³/mol. The van der Waals surface area contributed by atoms with Crippen molar-refractivity contribution in [2.45, 2.75) is 22.4 Å². The Bertz CT molecular complexity index is 685. The van der Waals surface area contributed by atoms with Crippen molar-refractivity contribution >= 4 is 47.5 Å². The third-order valence-corrected chi connectivity index (χ3v) is 6.05. The zero-order valence-corrected chi connectivity index (χ0v) is 16.8. The average molecular weight is 405 g/mol. The molecule has 1 amide bonds. The minimum atomic E-state index is -1.69. The molecule has 1 aromatic carbocycles. The molecule has 1 heterocycles. The van der Waals surface area contributed by atoms with Crippen molar-refractivity contribution in [2.24, 2.45) is 0 Å². The molecule has 5 nitrogen and oxygen atoms in total. The topological polar surface area (TPSA) is 75.1 Å². The zero-order valence-electron chi connectivity index (χ0n) is 12.8. The highest BCUT2D eigenvalue weighted by molar-refractivity contribution is 8.00. The average Bonchev–Trinajstić information content (AvgIpc) is 3.08. The second-order valence-corrected chi connectivity index (χ2v) is 7.98. The fourth-order valence-corrected chi connectivity index (χ4v) is 3.74. The van der Waals surface area contributed by atoms with Gasteiger partial charge in [-0.3, -0.25) is 4.79 Å². The number of rotatable bonds is 7. The second kappa shape index (κ2) is 9.16. The van der Waals surface area contributed by atoms with Crippen LogP contribution in [-0.4, -0.2) is 45.6 Å². The summed E-state index contributed by atoms with van der Waals surface area (Å²) in [5.74, 6) is -2.46. The lowest BCUT2D eigenvalue weighted by atomic mass is 10.0. The van der Waals surface area contributed by atoms with E-state index in [0.717, 1.165) is 14.9 Å². The highest BCUT2D eigenvalue weighted by Gasteiger charge is 2.23. The Balaban J connectivity index is 2.12. The largest absolute Gasteiger partial charge is 0.386 e. The summed E-state index contributed by atoms with van der Waals surface area (Å²) < 4.78 is 13.9. The first-order chi connectivity index (χ1) is 11.5. The van der Waals surface area contributed by atoms with Gasteiger partial charge in [-0.2, -0.15) is 0 Å². The summed E-state index contributed by atoms with van der Waals surface area (Å²) >= 11 is 3.03. The van der Waals surface area contributed by atoms with Gasteiger partial charge in [-0.1, -0.05) is 56.6 Å². The van der Waals surface area contributed by atoms with Crippen LogP contribution >= 0.6 is 41.6 Å². The van der Waals surface area contributed by atoms with Crippen LogP contribution in [0.2, 0.25) is 0 Å². The summed E-state index contributed by atoms with van der Waals surface area (Å²) in [5.41, 5.74) is 1.55. The van der Waals surface area contributed by atoms with Crippen LogP contribution in [0.25, 0.3) is 10.6 Å². The first-order valence-corrected chi connectivity index (χ1v) is 10.5. The molecule has 0 bridgehead atoms. The molecule has 0 aliphatic carbocycles. The second-order valence-electron chi connectivity index (χ2n) is 4.90. The molecule has 10 heteroatoms. The number of aliphatic hydroxyl groups excluding tert-OH is 1. The van der Waals surface area contributed by atoms with Crippen molar-refractivity contribution in [2.75, 3.05) is 12.4 Å². The van der Waals surface area contributed by atoms with Crippen LogP contribution in [0, 0.1) is 0 Å². The summed E-state index contributed by atoms with van der Waals surface area (Å²) in [7, 11) is 4.24. The highest BCUT2D eigenvalue weighted by Crippen LogP contribution is 2.29. The summed E-state index contributed by atoms with van der Waals surface area (Å²) in [6, 6.07) is 6.65. The first-order valence-electron chi connectivity index (χ1n) is 7.02. The van der Waals surface area contributed by atoms with Crippen molar-refractivity contribution in [3.8, 4) is 10.6 Å². The van der Waals surface area contributed by atoms with Gasteiger partial charge in [0, 0.05) is 5.56 Å². The van der Waals surface area contributed by atoms with Gasteiger partial charge in [0.2, 0.25) is 0 Å². The summed E-state index contributed by atoms with van der Waals surface area (Å²) in [5, 5.41) is 21.9. The maximum Gasteiger partial charge on any atom is 0.258 e. The maximum atomic E-state index is 13.0. The molecule has 0 spiro atoms. The monoisotopic (exact) mass is 405 g/mol. The number of aliphatic hydroxyl groups is 1. The number of thioether (sulfide) groups is 1. The van der Waals surface area contributed by atoms with Crippen LogP contribution in [0.15, 0.2) is 28.6 Å². The van der Waals surface area contributed by atoms with Gasteiger partial charge in [0.1, 0.15) is 5.01 Å². The van der Waals surface area contributed by atoms with Crippen LogP contribution in [-0.2, 0) is 4.79 Å². The number of benzene rings is 1. The normalized spacial score (nSPS) is 14.9. The Labute approximate surface area is 152 Å². The van der Waals surface area contributed by atoms with Crippen molar-refractivity contribution in [3.63, 3.8) is 0 Å². The minimum absolute atomic E-state index is 0.402. The number of hydrogen-bond donors (Lipinski definition) is 2. The Morgan fingerprint density at radius 1 is 1.42 bits per heavy atom. The van der Waals surface area contributed by atoms with Gasteiger partial charge in [0.15, 0.2) is 10.3 Å². The van der Waals surface area contributed by atoms with E-state index in [-0.39, 0.29) is 0 Å². The molecule has 0 fully saturated rings. The van der Waals surface area contributed by atoms with E-state index in [4.69, 9.17) is 0 Å². The number of alkyl halides is 1. The number of carbonyl (C=O) groups is 1. The van der Waals surface area contributed by atoms with E-state index in [9.17, 15) is 14.3 Å². The first kappa shape index (κ1) is 19.7. The van der Waals surface area contributed by atoms with Crippen molar-refractivity contribution in [3.05, 3.63) is 29.8 Å². The molecule has 0 aliphatic rings. The van der Waals surface area contributed by atoms with E-state index < -0.39 is 24.0 Å². The molecule has 5 atom stereocenters. The van der Waals surface area contributed by atoms with Gasteiger partial charge >= 0.3 is 0 Å². The SMILES string of the molecule is CSc1nnc(-c2ccc(C(O)C(CP)NC(=O)C(F)P)cc2)s1. The van der Waals surface area contributed by atoms with Crippen LogP contribution in [0.3, 0.4) is 0 Å². The molecule has 5 unspecified atom stereocenters. The Hall–Kier alpha value is -0.650. The van der Waals surface area contributed by atoms with Crippen molar-refractivity contribution in [1.82, 2.24) is 15.5 Å². The number of carbonyl (C=O) groups excluding carboxylic acids is 1. The third-order valence-electron chi connectivity index (χ3n) is 3.29. The van der Waals surface area contributed by atoms with Crippen molar-refractivity contribution in [1.29, 1.82) is 0 Å². The Morgan fingerprint density at radius 2 is 2.08 bits per heavy atom. The number of nitrogens with one attached hydrogen (secondary N) is 1. The number of amides is 1. The molecular formula is C14H18FN3O2P2S2. The maximum absolute atomic E-state index is 13.0. The summed E-state index contributed by atoms with van der Waals surface area (Å²) in [4.78, 5) is 11.5. The Kier molecular flexibility index (Phi) is 7.51. The minimum Gasteiger partial charge on any atom is -0.386 e.